The minimum absolute atomic E-state index is 0.105. The summed E-state index contributed by atoms with van der Waals surface area (Å²) in [5.41, 5.74) is 3.35. The zero-order valence-corrected chi connectivity index (χ0v) is 15.5. The van der Waals surface area contributed by atoms with Crippen LogP contribution in [0.15, 0.2) is 75.0 Å². The van der Waals surface area contributed by atoms with Gasteiger partial charge in [0.1, 0.15) is 11.3 Å². The number of sulfone groups is 1. The van der Waals surface area contributed by atoms with E-state index in [0.717, 1.165) is 16.7 Å². The molecule has 0 atom stereocenters. The average molecular weight is 380 g/mol. The summed E-state index contributed by atoms with van der Waals surface area (Å²) in [7, 11) is -1.64. The number of rotatable bonds is 3. The third-order valence-electron chi connectivity index (χ3n) is 4.36. The molecule has 0 aliphatic rings. The SMILES string of the molecule is Cn1cc(-c2cc3nccc(-c4cccc(S(C)(=O)=O)c4)c3o2)ccc1=O. The maximum absolute atomic E-state index is 11.9. The molecule has 0 bridgehead atoms. The maximum atomic E-state index is 11.9. The van der Waals surface area contributed by atoms with Crippen molar-refractivity contribution < 1.29 is 12.8 Å². The van der Waals surface area contributed by atoms with Crippen molar-refractivity contribution in [3.63, 3.8) is 0 Å². The molecule has 0 radical (unpaired) electrons. The molecule has 0 amide bonds. The Hall–Kier alpha value is -3.19. The van der Waals surface area contributed by atoms with Crippen molar-refractivity contribution in [2.24, 2.45) is 7.05 Å². The third kappa shape index (κ3) is 3.17. The number of furan rings is 1. The van der Waals surface area contributed by atoms with Crippen LogP contribution in [-0.2, 0) is 16.9 Å². The molecule has 0 spiro atoms. The molecule has 0 fully saturated rings. The van der Waals surface area contributed by atoms with Crippen LogP contribution in [0.25, 0.3) is 33.6 Å². The molecular formula is C20H16N2O4S. The lowest BCUT2D eigenvalue weighted by atomic mass is 10.1. The van der Waals surface area contributed by atoms with Crippen LogP contribution >= 0.6 is 0 Å². The lowest BCUT2D eigenvalue weighted by molar-refractivity contribution is 0.602. The van der Waals surface area contributed by atoms with Gasteiger partial charge in [0.15, 0.2) is 15.4 Å². The molecule has 0 aliphatic carbocycles. The van der Waals surface area contributed by atoms with Crippen LogP contribution in [0.5, 0.6) is 0 Å². The van der Waals surface area contributed by atoms with Gasteiger partial charge in [-0.05, 0) is 29.8 Å². The first-order chi connectivity index (χ1) is 12.8. The van der Waals surface area contributed by atoms with Gasteiger partial charge in [0.05, 0.1) is 4.90 Å². The highest BCUT2D eigenvalue weighted by Gasteiger charge is 2.15. The first-order valence-corrected chi connectivity index (χ1v) is 10.1. The summed E-state index contributed by atoms with van der Waals surface area (Å²) in [5.74, 6) is 0.583. The van der Waals surface area contributed by atoms with Crippen molar-refractivity contribution >= 4 is 20.9 Å². The van der Waals surface area contributed by atoms with Gasteiger partial charge in [0.25, 0.3) is 0 Å². The van der Waals surface area contributed by atoms with E-state index in [2.05, 4.69) is 4.98 Å². The Morgan fingerprint density at radius 3 is 2.59 bits per heavy atom. The Balaban J connectivity index is 1.90. The molecule has 3 aromatic heterocycles. The molecule has 7 heteroatoms. The number of hydrogen-bond donors (Lipinski definition) is 0. The molecule has 4 rings (SSSR count). The molecule has 0 unspecified atom stereocenters. The highest BCUT2D eigenvalue weighted by molar-refractivity contribution is 7.90. The van der Waals surface area contributed by atoms with Crippen molar-refractivity contribution in [1.82, 2.24) is 9.55 Å². The van der Waals surface area contributed by atoms with Crippen molar-refractivity contribution in [2.45, 2.75) is 4.90 Å². The van der Waals surface area contributed by atoms with Crippen molar-refractivity contribution in [3.05, 3.63) is 71.3 Å². The van der Waals surface area contributed by atoms with Crippen molar-refractivity contribution in [2.75, 3.05) is 6.26 Å². The Morgan fingerprint density at radius 2 is 1.85 bits per heavy atom. The molecule has 0 saturated heterocycles. The lowest BCUT2D eigenvalue weighted by Crippen LogP contribution is -2.13. The van der Waals surface area contributed by atoms with Crippen molar-refractivity contribution in [3.8, 4) is 22.5 Å². The van der Waals surface area contributed by atoms with Gasteiger partial charge < -0.3 is 8.98 Å². The monoisotopic (exact) mass is 380 g/mol. The number of fused-ring (bicyclic) bond motifs is 1. The summed E-state index contributed by atoms with van der Waals surface area (Å²) < 4.78 is 31.2. The quantitative estimate of drug-likeness (QED) is 0.545. The normalized spacial score (nSPS) is 11.8. The number of hydrogen-bond acceptors (Lipinski definition) is 5. The van der Waals surface area contributed by atoms with Gasteiger partial charge in [-0.15, -0.1) is 0 Å². The fourth-order valence-electron chi connectivity index (χ4n) is 2.94. The van der Waals surface area contributed by atoms with Gasteiger partial charge >= 0.3 is 0 Å². The van der Waals surface area contributed by atoms with Crippen LogP contribution in [0.1, 0.15) is 0 Å². The number of benzene rings is 1. The molecule has 3 heterocycles. The number of pyridine rings is 2. The van der Waals surface area contributed by atoms with E-state index in [1.165, 1.54) is 16.9 Å². The van der Waals surface area contributed by atoms with E-state index < -0.39 is 9.84 Å². The molecule has 0 saturated carbocycles. The molecule has 0 N–H and O–H groups in total. The summed E-state index contributed by atoms with van der Waals surface area (Å²) in [4.78, 5) is 16.2. The fourth-order valence-corrected chi connectivity index (χ4v) is 3.61. The van der Waals surface area contributed by atoms with E-state index in [-0.39, 0.29) is 10.5 Å². The first kappa shape index (κ1) is 17.2. The zero-order valence-electron chi connectivity index (χ0n) is 14.7. The summed E-state index contributed by atoms with van der Waals surface area (Å²) >= 11 is 0. The van der Waals surface area contributed by atoms with Crippen LogP contribution < -0.4 is 5.56 Å². The standard InChI is InChI=1S/C20H16N2O4S/c1-22-12-14(6-7-19(22)23)18-11-17-20(26-18)16(8-9-21-17)13-4-3-5-15(10-13)27(2,24)25/h3-12H,1-2H3. The van der Waals surface area contributed by atoms with E-state index in [0.29, 0.717) is 16.9 Å². The molecule has 0 aliphatic heterocycles. The highest BCUT2D eigenvalue weighted by atomic mass is 32.2. The highest BCUT2D eigenvalue weighted by Crippen LogP contribution is 2.33. The zero-order chi connectivity index (χ0) is 19.2. The lowest BCUT2D eigenvalue weighted by Gasteiger charge is -2.05. The Kier molecular flexibility index (Phi) is 3.96. The molecule has 4 aromatic rings. The Bertz CT molecular complexity index is 1330. The minimum atomic E-state index is -3.31. The van der Waals surface area contributed by atoms with Gasteiger partial charge in [0, 0.05) is 49.0 Å². The first-order valence-electron chi connectivity index (χ1n) is 8.19. The second-order valence-electron chi connectivity index (χ2n) is 6.35. The molecule has 136 valence electrons. The van der Waals surface area contributed by atoms with Crippen LogP contribution in [0, 0.1) is 0 Å². The van der Waals surface area contributed by atoms with Crippen molar-refractivity contribution in [1.29, 1.82) is 0 Å². The van der Waals surface area contributed by atoms with E-state index in [1.54, 1.807) is 55.8 Å². The van der Waals surface area contributed by atoms with E-state index in [9.17, 15) is 13.2 Å². The van der Waals surface area contributed by atoms with Gasteiger partial charge in [-0.25, -0.2) is 8.42 Å². The van der Waals surface area contributed by atoms with Gasteiger partial charge in [-0.2, -0.15) is 0 Å². The van der Waals surface area contributed by atoms with E-state index in [1.807, 2.05) is 6.07 Å². The molecule has 27 heavy (non-hydrogen) atoms. The molecule has 6 nitrogen and oxygen atoms in total. The second-order valence-corrected chi connectivity index (χ2v) is 8.37. The maximum Gasteiger partial charge on any atom is 0.250 e. The summed E-state index contributed by atoms with van der Waals surface area (Å²) in [6, 6.07) is 13.5. The smallest absolute Gasteiger partial charge is 0.250 e. The topological polar surface area (TPSA) is 82.2 Å². The summed E-state index contributed by atoms with van der Waals surface area (Å²) in [6.07, 6.45) is 4.54. The summed E-state index contributed by atoms with van der Waals surface area (Å²) in [5, 5.41) is 0. The third-order valence-corrected chi connectivity index (χ3v) is 5.47. The molecule has 1 aromatic carbocycles. The predicted octanol–water partition coefficient (Wildman–Crippen LogP) is 3.26. The van der Waals surface area contributed by atoms with E-state index in [4.69, 9.17) is 4.42 Å². The van der Waals surface area contributed by atoms with Crippen LogP contribution in [0.3, 0.4) is 0 Å². The molecular weight excluding hydrogens is 364 g/mol. The minimum Gasteiger partial charge on any atom is -0.454 e. The van der Waals surface area contributed by atoms with E-state index >= 15 is 0 Å². The Labute approximate surface area is 155 Å². The van der Waals surface area contributed by atoms with Gasteiger partial charge in [-0.3, -0.25) is 9.78 Å². The number of nitrogens with zero attached hydrogens (tertiary/aromatic N) is 2. The number of aryl methyl sites for hydroxylation is 1. The fraction of sp³-hybridized carbons (Fsp3) is 0.100. The predicted molar refractivity (Wildman–Crippen MR) is 103 cm³/mol. The number of aromatic nitrogens is 2. The van der Waals surface area contributed by atoms with Crippen LogP contribution in [0.2, 0.25) is 0 Å². The van der Waals surface area contributed by atoms with Crippen LogP contribution in [-0.4, -0.2) is 24.2 Å². The second kappa shape index (κ2) is 6.21. The van der Waals surface area contributed by atoms with Gasteiger partial charge in [0.2, 0.25) is 5.56 Å². The Morgan fingerprint density at radius 1 is 1.04 bits per heavy atom. The summed E-state index contributed by atoms with van der Waals surface area (Å²) in [6.45, 7) is 0. The van der Waals surface area contributed by atoms with Crippen LogP contribution in [0.4, 0.5) is 0 Å². The largest absolute Gasteiger partial charge is 0.454 e. The average Bonchev–Trinajstić information content (AvgIpc) is 3.07. The van der Waals surface area contributed by atoms with Gasteiger partial charge in [-0.1, -0.05) is 12.1 Å².